The van der Waals surface area contributed by atoms with E-state index in [1.54, 1.807) is 4.57 Å². The summed E-state index contributed by atoms with van der Waals surface area (Å²) in [6.07, 6.45) is 0. The molecule has 274 valence electrons. The Morgan fingerprint density at radius 1 is 0.324 bits per heavy atom. The summed E-state index contributed by atoms with van der Waals surface area (Å²) in [5.74, 6) is 0.636. The fraction of sp³-hybridized carbons (Fsp3) is 0. The molecule has 0 amide bonds. The third-order valence-electron chi connectivity index (χ3n) is 13.0. The van der Waals surface area contributed by atoms with Gasteiger partial charge in [-0.25, -0.2) is 15.0 Å². The van der Waals surface area contributed by atoms with Gasteiger partial charge in [0, 0.05) is 49.6 Å². The lowest BCUT2D eigenvalue weighted by Gasteiger charge is -2.24. The first-order chi connectivity index (χ1) is 32.4. The van der Waals surface area contributed by atoms with E-state index in [4.69, 9.17) is 145 Å². The molecular weight excluding hydrogens is 810 g/mol. The van der Waals surface area contributed by atoms with Crippen molar-refractivity contribution in [3.63, 3.8) is 0 Å². The largest absolute Gasteiger partial charge is 0.457 e. The van der Waals surface area contributed by atoms with Crippen LogP contribution in [0.25, 0.3) is 105 Å². The molecule has 21 heteroatoms. The van der Waals surface area contributed by atoms with Gasteiger partial charge in [-0.15, -0.1) is 32.8 Å². The zero-order chi connectivity index (χ0) is 48.1. The summed E-state index contributed by atoms with van der Waals surface area (Å²) in [5.41, 5.74) is 1.53. The van der Waals surface area contributed by atoms with Gasteiger partial charge in [0.15, 0.2) is 17.5 Å². The lowest BCUT2D eigenvalue weighted by molar-refractivity contribution is 0.674. The maximum absolute atomic E-state index is 7.62. The van der Waals surface area contributed by atoms with Gasteiger partial charge in [0.05, 0.1) is 0 Å². The van der Waals surface area contributed by atoms with Crippen molar-refractivity contribution in [2.24, 2.45) is 0 Å². The fourth-order valence-electron chi connectivity index (χ4n) is 9.51. The van der Waals surface area contributed by atoms with E-state index in [2.05, 4.69) is 0 Å². The van der Waals surface area contributed by atoms with Crippen LogP contribution in [-0.2, 0) is 0 Å². The molecule has 0 saturated carbocycles. The highest BCUT2D eigenvalue weighted by atomic mass is 16.3. The molecule has 8 aromatic carbocycles. The van der Waals surface area contributed by atoms with Crippen molar-refractivity contribution in [3.8, 4) is 39.9 Å². The van der Waals surface area contributed by atoms with Gasteiger partial charge in [-0.1, -0.05) is 116 Å². The predicted octanol–water partition coefficient (Wildman–Crippen LogP) is -7.12. The van der Waals surface area contributed by atoms with Crippen LogP contribution in [0.5, 0.6) is 0 Å². The van der Waals surface area contributed by atoms with Crippen LogP contribution in [0.4, 0.5) is 0 Å². The van der Waals surface area contributed by atoms with Crippen molar-refractivity contribution >= 4 is 278 Å². The van der Waals surface area contributed by atoms with Gasteiger partial charge >= 0.3 is 0 Å². The molecule has 0 spiro atoms. The minimum atomic E-state index is -0.0879. The summed E-state index contributed by atoms with van der Waals surface area (Å²) < 4.78 is 8.20. The van der Waals surface area contributed by atoms with Crippen LogP contribution in [0.2, 0.25) is 0 Å². The van der Waals surface area contributed by atoms with Crippen molar-refractivity contribution in [3.05, 3.63) is 72.8 Å². The van der Waals surface area contributed by atoms with Gasteiger partial charge in [0.1, 0.15) is 137 Å². The molecule has 0 N–H and O–H groups in total. The number of furan rings is 1. The smallest absolute Gasteiger partial charge is 0.164 e. The summed E-state index contributed by atoms with van der Waals surface area (Å²) in [6, 6.07) is 23.1. The fourth-order valence-corrected chi connectivity index (χ4v) is 9.51. The first kappa shape index (κ1) is 44.4. The van der Waals surface area contributed by atoms with Crippen molar-refractivity contribution in [1.82, 2.24) is 19.5 Å². The van der Waals surface area contributed by atoms with Crippen LogP contribution in [0.3, 0.4) is 0 Å². The quantitative estimate of drug-likeness (QED) is 0.166. The Morgan fingerprint density at radius 3 is 1.44 bits per heavy atom. The highest BCUT2D eigenvalue weighted by Crippen LogP contribution is 2.37. The van der Waals surface area contributed by atoms with E-state index in [0.717, 1.165) is 10.8 Å². The molecule has 0 atom stereocenters. The van der Waals surface area contributed by atoms with Gasteiger partial charge in [-0.3, -0.25) is 0 Å². The summed E-state index contributed by atoms with van der Waals surface area (Å²) >= 11 is 0. The lowest BCUT2D eigenvalue weighted by Crippen LogP contribution is -2.50. The molecule has 0 unspecified atom stereocenters. The van der Waals surface area contributed by atoms with Crippen LogP contribution < -0.4 is 87.4 Å². The van der Waals surface area contributed by atoms with E-state index >= 15 is 0 Å². The Balaban J connectivity index is 1.39. The number of hydrogen-bond acceptors (Lipinski definition) is 4. The molecule has 0 fully saturated rings. The average Bonchev–Trinajstić information content (AvgIpc) is 3.92. The van der Waals surface area contributed by atoms with Gasteiger partial charge in [0.2, 0.25) is 0 Å². The Morgan fingerprint density at radius 2 is 0.794 bits per heavy atom. The zero-order valence-corrected chi connectivity index (χ0v) is 35.9. The van der Waals surface area contributed by atoms with E-state index in [1.165, 1.54) is 0 Å². The second kappa shape index (κ2) is 15.7. The topological polar surface area (TPSA) is 56.7 Å². The molecule has 0 aliphatic heterocycles. The number of hydrogen-bond donors (Lipinski definition) is 0. The molecular formula is C47H12B16N4O. The predicted molar refractivity (Wildman–Crippen MR) is 299 cm³/mol. The summed E-state index contributed by atoms with van der Waals surface area (Å²) in [7, 11) is 109. The van der Waals surface area contributed by atoms with Gasteiger partial charge < -0.3 is 8.98 Å². The zero-order valence-electron chi connectivity index (χ0n) is 35.9. The van der Waals surface area contributed by atoms with E-state index in [9.17, 15) is 0 Å². The first-order valence-corrected chi connectivity index (χ1v) is 20.8. The lowest BCUT2D eigenvalue weighted by atomic mass is 9.61. The van der Waals surface area contributed by atoms with Crippen LogP contribution in [0, 0.1) is 0 Å². The van der Waals surface area contributed by atoms with Gasteiger partial charge in [-0.05, 0) is 38.5 Å². The number of nitrogens with zero attached hydrogens (tertiary/aromatic N) is 4. The summed E-state index contributed by atoms with van der Waals surface area (Å²) in [4.78, 5) is 15.2. The van der Waals surface area contributed by atoms with E-state index in [-0.39, 0.29) is 159 Å². The monoisotopic (exact) mass is 824 g/mol. The third-order valence-corrected chi connectivity index (χ3v) is 13.0. The second-order valence-electron chi connectivity index (χ2n) is 16.6. The maximum Gasteiger partial charge on any atom is 0.164 e. The molecule has 0 bridgehead atoms. The normalized spacial score (nSPS) is 11.9. The minimum Gasteiger partial charge on any atom is -0.457 e. The van der Waals surface area contributed by atoms with E-state index in [1.807, 2.05) is 72.8 Å². The van der Waals surface area contributed by atoms with Gasteiger partial charge in [0.25, 0.3) is 0 Å². The van der Waals surface area contributed by atoms with E-state index < -0.39 is 0 Å². The molecule has 32 radical (unpaired) electrons. The second-order valence-corrected chi connectivity index (χ2v) is 16.6. The Bertz CT molecular complexity index is 4120. The minimum absolute atomic E-state index is 0.00329. The molecule has 11 rings (SSSR count). The Labute approximate surface area is 412 Å². The van der Waals surface area contributed by atoms with Crippen LogP contribution >= 0.6 is 0 Å². The molecule has 0 saturated heterocycles. The number of benzene rings is 8. The van der Waals surface area contributed by atoms with E-state index in [0.29, 0.717) is 22.8 Å². The molecule has 0 aliphatic rings. The average molecular weight is 822 g/mol. The number of rotatable bonds is 4. The Kier molecular flexibility index (Phi) is 10.3. The third kappa shape index (κ3) is 6.02. The maximum atomic E-state index is 7.62. The summed E-state index contributed by atoms with van der Waals surface area (Å²) in [5, 5.41) is 3.22. The molecule has 3 aromatic heterocycles. The van der Waals surface area contributed by atoms with Crippen molar-refractivity contribution < 1.29 is 4.42 Å². The molecule has 5 nitrogen and oxygen atoms in total. The molecule has 68 heavy (non-hydrogen) atoms. The molecule has 11 aromatic rings. The van der Waals surface area contributed by atoms with Crippen molar-refractivity contribution in [2.75, 3.05) is 0 Å². The standard InChI is InChI=1S/C47H12B16N4O/c48-24-18-19(26(50)32(56)31(55)25(18)49)29(53)40-20(24)21-27(51)33(57)35(59)37(61)41(21)67(40)42-30(54)23(17-22-28(52)34(58)36(60)38(62)44(22)68-43(17)39(42)63)47-65-45(14-7-2-1-3-8-14)64-46(66-47)16-11-10-13-6-4-5-9-15(13)12-16/h1-12H. The highest BCUT2D eigenvalue weighted by Gasteiger charge is 2.31. The van der Waals surface area contributed by atoms with Crippen molar-refractivity contribution in [1.29, 1.82) is 0 Å². The van der Waals surface area contributed by atoms with Crippen LogP contribution in [-0.4, -0.2) is 145 Å². The first-order valence-electron chi connectivity index (χ1n) is 20.8. The van der Waals surface area contributed by atoms with Gasteiger partial charge in [-0.2, -0.15) is 0 Å². The summed E-state index contributed by atoms with van der Waals surface area (Å²) in [6.45, 7) is 0. The Hall–Kier alpha value is -6.07. The van der Waals surface area contributed by atoms with Crippen LogP contribution in [0.1, 0.15) is 0 Å². The van der Waals surface area contributed by atoms with Crippen LogP contribution in [0.15, 0.2) is 77.2 Å². The highest BCUT2D eigenvalue weighted by molar-refractivity contribution is 6.74. The number of aromatic nitrogens is 4. The molecule has 0 aliphatic carbocycles. The molecule has 3 heterocycles. The SMILES string of the molecule is [B]c1c([B])c([B])c2c(oc3c([B])c(-n4c5c([B])c([B])c([B])c([B])c5c5c([B])c6c([B])c([B])c([B])c([B])c6c([B])c54)c([B])c(-c4nc(-c5ccccc5)nc(-c5ccc6ccccc6c5)n4)c32)c1[B]. The number of fused-ring (bicyclic) bond motifs is 8. The van der Waals surface area contributed by atoms with Crippen molar-refractivity contribution in [2.45, 2.75) is 0 Å².